The molecular formula is C15H17N3OS. The fourth-order valence-electron chi connectivity index (χ4n) is 2.32. The van der Waals surface area contributed by atoms with Gasteiger partial charge < -0.3 is 10.6 Å². The summed E-state index contributed by atoms with van der Waals surface area (Å²) < 4.78 is 0. The molecule has 2 N–H and O–H groups in total. The monoisotopic (exact) mass is 287 g/mol. The SMILES string of the molecule is O=C(NC1CCNCC1)c1cnc(-c2ccccc2)s1. The van der Waals surface area contributed by atoms with E-state index in [-0.39, 0.29) is 11.9 Å². The van der Waals surface area contributed by atoms with Crippen LogP contribution in [0, 0.1) is 0 Å². The Bertz CT molecular complexity index is 576. The average Bonchev–Trinajstić information content (AvgIpc) is 2.99. The molecule has 20 heavy (non-hydrogen) atoms. The lowest BCUT2D eigenvalue weighted by molar-refractivity contribution is 0.0933. The summed E-state index contributed by atoms with van der Waals surface area (Å²) in [4.78, 5) is 17.2. The van der Waals surface area contributed by atoms with E-state index in [1.165, 1.54) is 11.3 Å². The van der Waals surface area contributed by atoms with Crippen molar-refractivity contribution in [2.24, 2.45) is 0 Å². The normalized spacial score (nSPS) is 16.0. The third-order valence-electron chi connectivity index (χ3n) is 3.42. The first-order valence-electron chi connectivity index (χ1n) is 6.86. The maximum absolute atomic E-state index is 12.2. The largest absolute Gasteiger partial charge is 0.348 e. The lowest BCUT2D eigenvalue weighted by atomic mass is 10.1. The highest BCUT2D eigenvalue weighted by atomic mass is 32.1. The van der Waals surface area contributed by atoms with Crippen LogP contribution < -0.4 is 10.6 Å². The molecule has 5 heteroatoms. The topological polar surface area (TPSA) is 54.0 Å². The zero-order valence-corrected chi connectivity index (χ0v) is 12.0. The van der Waals surface area contributed by atoms with Crippen molar-refractivity contribution in [3.05, 3.63) is 41.4 Å². The second kappa shape index (κ2) is 6.15. The van der Waals surface area contributed by atoms with Gasteiger partial charge in [-0.25, -0.2) is 4.98 Å². The first kappa shape index (κ1) is 13.3. The Morgan fingerprint density at radius 2 is 2.00 bits per heavy atom. The standard InChI is InChI=1S/C15H17N3OS/c19-14(18-12-6-8-16-9-7-12)13-10-17-15(20-13)11-4-2-1-3-5-11/h1-5,10,12,16H,6-9H2,(H,18,19). The van der Waals surface area contributed by atoms with E-state index >= 15 is 0 Å². The number of piperidine rings is 1. The molecule has 1 aromatic carbocycles. The van der Waals surface area contributed by atoms with Crippen LogP contribution in [0.1, 0.15) is 22.5 Å². The van der Waals surface area contributed by atoms with Gasteiger partial charge in [0.2, 0.25) is 0 Å². The summed E-state index contributed by atoms with van der Waals surface area (Å²) in [5.74, 6) is -0.00317. The highest BCUT2D eigenvalue weighted by molar-refractivity contribution is 7.16. The molecule has 0 radical (unpaired) electrons. The molecule has 1 aromatic heterocycles. The molecule has 1 aliphatic rings. The predicted molar refractivity (Wildman–Crippen MR) is 80.9 cm³/mol. The summed E-state index contributed by atoms with van der Waals surface area (Å²) in [5, 5.41) is 7.27. The molecule has 0 unspecified atom stereocenters. The molecule has 4 nitrogen and oxygen atoms in total. The number of carbonyl (C=O) groups is 1. The number of hydrogen-bond donors (Lipinski definition) is 2. The molecule has 3 rings (SSSR count). The molecule has 1 fully saturated rings. The number of thiazole rings is 1. The van der Waals surface area contributed by atoms with Gasteiger partial charge in [0.25, 0.3) is 5.91 Å². The molecule has 0 bridgehead atoms. The van der Waals surface area contributed by atoms with E-state index in [2.05, 4.69) is 15.6 Å². The highest BCUT2D eigenvalue weighted by Crippen LogP contribution is 2.24. The summed E-state index contributed by atoms with van der Waals surface area (Å²) in [7, 11) is 0. The molecule has 0 spiro atoms. The molecule has 104 valence electrons. The van der Waals surface area contributed by atoms with Crippen molar-refractivity contribution in [3.63, 3.8) is 0 Å². The van der Waals surface area contributed by atoms with E-state index in [1.807, 2.05) is 30.3 Å². The molecule has 0 saturated carbocycles. The second-order valence-electron chi connectivity index (χ2n) is 4.89. The zero-order valence-electron chi connectivity index (χ0n) is 11.1. The van der Waals surface area contributed by atoms with Crippen LogP contribution in [-0.2, 0) is 0 Å². The fourth-order valence-corrected chi connectivity index (χ4v) is 3.14. The molecular weight excluding hydrogens is 270 g/mol. The van der Waals surface area contributed by atoms with Crippen molar-refractivity contribution < 1.29 is 4.79 Å². The summed E-state index contributed by atoms with van der Waals surface area (Å²) in [6.45, 7) is 1.95. The zero-order chi connectivity index (χ0) is 13.8. The van der Waals surface area contributed by atoms with Gasteiger partial charge in [-0.05, 0) is 25.9 Å². The van der Waals surface area contributed by atoms with Crippen LogP contribution in [0.25, 0.3) is 10.6 Å². The van der Waals surface area contributed by atoms with Gasteiger partial charge in [0.1, 0.15) is 9.88 Å². The van der Waals surface area contributed by atoms with Crippen LogP contribution in [0.15, 0.2) is 36.5 Å². The Labute approximate surface area is 122 Å². The number of aromatic nitrogens is 1. The van der Waals surface area contributed by atoms with Crippen LogP contribution >= 0.6 is 11.3 Å². The van der Waals surface area contributed by atoms with Gasteiger partial charge in [-0.2, -0.15) is 0 Å². The number of hydrogen-bond acceptors (Lipinski definition) is 4. The molecule has 1 saturated heterocycles. The van der Waals surface area contributed by atoms with Crippen molar-refractivity contribution in [2.75, 3.05) is 13.1 Å². The van der Waals surface area contributed by atoms with Gasteiger partial charge >= 0.3 is 0 Å². The van der Waals surface area contributed by atoms with Gasteiger partial charge in [0.05, 0.1) is 6.20 Å². The van der Waals surface area contributed by atoms with E-state index < -0.39 is 0 Å². The molecule has 0 aliphatic carbocycles. The molecule has 1 amide bonds. The van der Waals surface area contributed by atoms with Crippen molar-refractivity contribution in [3.8, 4) is 10.6 Å². The van der Waals surface area contributed by atoms with Crippen molar-refractivity contribution in [2.45, 2.75) is 18.9 Å². The highest BCUT2D eigenvalue weighted by Gasteiger charge is 2.18. The van der Waals surface area contributed by atoms with Gasteiger partial charge in [-0.15, -0.1) is 11.3 Å². The number of amides is 1. The van der Waals surface area contributed by atoms with Gasteiger partial charge in [0, 0.05) is 11.6 Å². The maximum atomic E-state index is 12.2. The van der Waals surface area contributed by atoms with Gasteiger partial charge in [0.15, 0.2) is 0 Å². The summed E-state index contributed by atoms with van der Waals surface area (Å²) >= 11 is 1.44. The van der Waals surface area contributed by atoms with Crippen LogP contribution in [-0.4, -0.2) is 30.0 Å². The Hall–Kier alpha value is -1.72. The summed E-state index contributed by atoms with van der Waals surface area (Å²) in [6, 6.07) is 10.2. The number of nitrogens with one attached hydrogen (secondary N) is 2. The van der Waals surface area contributed by atoms with Crippen molar-refractivity contribution >= 4 is 17.2 Å². The first-order valence-corrected chi connectivity index (χ1v) is 7.67. The second-order valence-corrected chi connectivity index (χ2v) is 5.92. The predicted octanol–water partition coefficient (Wildman–Crippen LogP) is 2.29. The van der Waals surface area contributed by atoms with Crippen molar-refractivity contribution in [1.29, 1.82) is 0 Å². The van der Waals surface area contributed by atoms with Gasteiger partial charge in [-0.3, -0.25) is 4.79 Å². The third kappa shape index (κ3) is 3.05. The lowest BCUT2D eigenvalue weighted by Gasteiger charge is -2.23. The minimum atomic E-state index is -0.00317. The quantitative estimate of drug-likeness (QED) is 0.910. The average molecular weight is 287 g/mol. The molecule has 1 aliphatic heterocycles. The Morgan fingerprint density at radius 3 is 2.75 bits per heavy atom. The van der Waals surface area contributed by atoms with E-state index in [4.69, 9.17) is 0 Å². The van der Waals surface area contributed by atoms with Crippen LogP contribution in [0.5, 0.6) is 0 Å². The number of nitrogens with zero attached hydrogens (tertiary/aromatic N) is 1. The molecule has 2 aromatic rings. The van der Waals surface area contributed by atoms with E-state index in [0.29, 0.717) is 4.88 Å². The van der Waals surface area contributed by atoms with Crippen LogP contribution in [0.3, 0.4) is 0 Å². The number of benzene rings is 1. The lowest BCUT2D eigenvalue weighted by Crippen LogP contribution is -2.42. The Morgan fingerprint density at radius 1 is 1.25 bits per heavy atom. The minimum absolute atomic E-state index is 0.00317. The number of rotatable bonds is 3. The summed E-state index contributed by atoms with van der Waals surface area (Å²) in [5.41, 5.74) is 1.05. The fraction of sp³-hybridized carbons (Fsp3) is 0.333. The van der Waals surface area contributed by atoms with E-state index in [1.54, 1.807) is 6.20 Å². The molecule has 0 atom stereocenters. The van der Waals surface area contributed by atoms with E-state index in [0.717, 1.165) is 36.5 Å². The van der Waals surface area contributed by atoms with E-state index in [9.17, 15) is 4.79 Å². The molecule has 2 heterocycles. The third-order valence-corrected chi connectivity index (χ3v) is 4.47. The maximum Gasteiger partial charge on any atom is 0.263 e. The summed E-state index contributed by atoms with van der Waals surface area (Å²) in [6.07, 6.45) is 3.66. The van der Waals surface area contributed by atoms with Gasteiger partial charge in [-0.1, -0.05) is 30.3 Å². The Kier molecular flexibility index (Phi) is 4.08. The van der Waals surface area contributed by atoms with Crippen LogP contribution in [0.2, 0.25) is 0 Å². The van der Waals surface area contributed by atoms with Crippen molar-refractivity contribution in [1.82, 2.24) is 15.6 Å². The first-order chi connectivity index (χ1) is 9.83. The minimum Gasteiger partial charge on any atom is -0.348 e. The number of carbonyl (C=O) groups excluding carboxylic acids is 1. The Balaban J connectivity index is 1.68. The smallest absolute Gasteiger partial charge is 0.263 e. The van der Waals surface area contributed by atoms with Crippen LogP contribution in [0.4, 0.5) is 0 Å².